The molecule has 1 aromatic carbocycles. The molecule has 8 nitrogen and oxygen atoms in total. The maximum atomic E-state index is 12.1. The van der Waals surface area contributed by atoms with Gasteiger partial charge >= 0.3 is 0 Å². The van der Waals surface area contributed by atoms with E-state index in [0.29, 0.717) is 0 Å². The molecule has 0 fully saturated rings. The highest BCUT2D eigenvalue weighted by Crippen LogP contribution is 2.19. The Kier molecular flexibility index (Phi) is 5.32. The van der Waals surface area contributed by atoms with E-state index >= 15 is 0 Å². The summed E-state index contributed by atoms with van der Waals surface area (Å²) in [6.07, 6.45) is 1.99. The lowest BCUT2D eigenvalue weighted by Gasteiger charge is -2.17. The SMILES string of the molecule is [NH3+]CC(=O)NC(Cc1c[nH]c2ccccc12)C(=O)NCC(=O)[O-]. The summed E-state index contributed by atoms with van der Waals surface area (Å²) in [6, 6.07) is 6.68. The molecule has 0 saturated heterocycles. The molecule has 122 valence electrons. The monoisotopic (exact) mass is 318 g/mol. The highest BCUT2D eigenvalue weighted by molar-refractivity contribution is 5.91. The number of hydrogen-bond donors (Lipinski definition) is 4. The maximum Gasteiger partial charge on any atom is 0.275 e. The van der Waals surface area contributed by atoms with E-state index in [2.05, 4.69) is 21.4 Å². The maximum absolute atomic E-state index is 12.1. The van der Waals surface area contributed by atoms with Crippen LogP contribution in [0.25, 0.3) is 10.9 Å². The Morgan fingerprint density at radius 3 is 2.70 bits per heavy atom. The Labute approximate surface area is 132 Å². The van der Waals surface area contributed by atoms with E-state index in [1.807, 2.05) is 24.3 Å². The van der Waals surface area contributed by atoms with Crippen LogP contribution in [-0.4, -0.2) is 41.9 Å². The van der Waals surface area contributed by atoms with Gasteiger partial charge in [0, 0.05) is 23.5 Å². The molecule has 2 amide bonds. The molecule has 0 radical (unpaired) electrons. The van der Waals surface area contributed by atoms with Gasteiger partial charge in [-0.25, -0.2) is 0 Å². The average Bonchev–Trinajstić information content (AvgIpc) is 2.95. The molecule has 0 spiro atoms. The van der Waals surface area contributed by atoms with Gasteiger partial charge in [0.05, 0.1) is 12.5 Å². The van der Waals surface area contributed by atoms with Crippen molar-refractivity contribution < 1.29 is 25.2 Å². The lowest BCUT2D eigenvalue weighted by Crippen LogP contribution is -2.60. The van der Waals surface area contributed by atoms with Gasteiger partial charge in [0.25, 0.3) is 5.91 Å². The zero-order chi connectivity index (χ0) is 16.8. The van der Waals surface area contributed by atoms with Crippen LogP contribution in [0.5, 0.6) is 0 Å². The number of amides is 2. The fourth-order valence-corrected chi connectivity index (χ4v) is 2.28. The number of carbonyl (C=O) groups excluding carboxylic acids is 3. The molecular formula is C15H18N4O4. The van der Waals surface area contributed by atoms with Crippen molar-refractivity contribution in [3.63, 3.8) is 0 Å². The van der Waals surface area contributed by atoms with Gasteiger partial charge in [0.1, 0.15) is 6.04 Å². The summed E-state index contributed by atoms with van der Waals surface area (Å²) in [7, 11) is 0. The standard InChI is InChI=1S/C15H18N4O4/c16-6-13(20)19-12(15(23)18-8-14(21)22)5-9-7-17-11-4-2-1-3-10(9)11/h1-4,7,12,17H,5-6,8,16H2,(H,18,23)(H,19,20)(H,21,22). The zero-order valence-electron chi connectivity index (χ0n) is 12.4. The predicted molar refractivity (Wildman–Crippen MR) is 79.7 cm³/mol. The highest BCUT2D eigenvalue weighted by Gasteiger charge is 2.22. The number of para-hydroxylation sites is 1. The lowest BCUT2D eigenvalue weighted by molar-refractivity contribution is -0.355. The van der Waals surface area contributed by atoms with Crippen molar-refractivity contribution in [2.24, 2.45) is 0 Å². The number of aliphatic carboxylic acids is 1. The summed E-state index contributed by atoms with van der Waals surface area (Å²) in [6.45, 7) is -0.623. The van der Waals surface area contributed by atoms with Gasteiger partial charge in [0.2, 0.25) is 5.91 Å². The summed E-state index contributed by atoms with van der Waals surface area (Å²) in [5.74, 6) is -2.37. The fraction of sp³-hybridized carbons (Fsp3) is 0.267. The van der Waals surface area contributed by atoms with Gasteiger partial charge < -0.3 is 31.3 Å². The summed E-state index contributed by atoms with van der Waals surface area (Å²) in [5, 5.41) is 16.2. The molecule has 0 aliphatic carbocycles. The fourth-order valence-electron chi connectivity index (χ4n) is 2.28. The highest BCUT2D eigenvalue weighted by atomic mass is 16.4. The van der Waals surface area contributed by atoms with Crippen molar-refractivity contribution in [1.29, 1.82) is 0 Å². The van der Waals surface area contributed by atoms with E-state index in [1.54, 1.807) is 6.20 Å². The molecule has 0 bridgehead atoms. The topological polar surface area (TPSA) is 142 Å². The molecule has 1 aromatic heterocycles. The molecule has 1 heterocycles. The van der Waals surface area contributed by atoms with Gasteiger partial charge in [-0.2, -0.15) is 0 Å². The van der Waals surface area contributed by atoms with Crippen molar-refractivity contribution in [3.05, 3.63) is 36.0 Å². The first-order valence-corrected chi connectivity index (χ1v) is 7.12. The molecule has 0 aliphatic rings. The number of fused-ring (bicyclic) bond motifs is 1. The number of quaternary nitrogens is 1. The number of aromatic nitrogens is 1. The molecule has 8 heteroatoms. The molecule has 2 rings (SSSR count). The van der Waals surface area contributed by atoms with Crippen molar-refractivity contribution in [3.8, 4) is 0 Å². The molecule has 1 atom stereocenters. The Bertz CT molecular complexity index is 725. The Hall–Kier alpha value is -2.87. The predicted octanol–water partition coefficient (Wildman–Crippen LogP) is -2.70. The largest absolute Gasteiger partial charge is 0.548 e. The molecule has 2 aromatic rings. The summed E-state index contributed by atoms with van der Waals surface area (Å²) in [4.78, 5) is 37.2. The molecular weight excluding hydrogens is 300 g/mol. The molecule has 23 heavy (non-hydrogen) atoms. The number of rotatable bonds is 7. The van der Waals surface area contributed by atoms with Crippen molar-refractivity contribution in [2.45, 2.75) is 12.5 Å². The Morgan fingerprint density at radius 2 is 2.00 bits per heavy atom. The molecule has 6 N–H and O–H groups in total. The van der Waals surface area contributed by atoms with Crippen LogP contribution in [0, 0.1) is 0 Å². The van der Waals surface area contributed by atoms with Crippen LogP contribution < -0.4 is 21.5 Å². The second-order valence-electron chi connectivity index (χ2n) is 5.02. The van der Waals surface area contributed by atoms with Crippen LogP contribution in [0.4, 0.5) is 0 Å². The Balaban J connectivity index is 2.17. The number of carbonyl (C=O) groups is 3. The third-order valence-electron chi connectivity index (χ3n) is 3.38. The normalized spacial score (nSPS) is 11.9. The first-order chi connectivity index (χ1) is 11.0. The number of hydrogen-bond acceptors (Lipinski definition) is 4. The van der Waals surface area contributed by atoms with Gasteiger partial charge in [-0.05, 0) is 11.6 Å². The third-order valence-corrected chi connectivity index (χ3v) is 3.38. The minimum Gasteiger partial charge on any atom is -0.548 e. The summed E-state index contributed by atoms with van der Waals surface area (Å²) in [5.41, 5.74) is 5.23. The van der Waals surface area contributed by atoms with E-state index in [0.717, 1.165) is 16.5 Å². The van der Waals surface area contributed by atoms with Crippen molar-refractivity contribution >= 4 is 28.7 Å². The molecule has 0 saturated carbocycles. The smallest absolute Gasteiger partial charge is 0.275 e. The number of benzene rings is 1. The minimum absolute atomic E-state index is 0.0157. The molecule has 0 aliphatic heterocycles. The second-order valence-corrected chi connectivity index (χ2v) is 5.02. The van der Waals surface area contributed by atoms with Gasteiger partial charge in [0.15, 0.2) is 6.54 Å². The number of aromatic amines is 1. The van der Waals surface area contributed by atoms with Crippen molar-refractivity contribution in [1.82, 2.24) is 15.6 Å². The van der Waals surface area contributed by atoms with Crippen LogP contribution in [0.15, 0.2) is 30.5 Å². The second kappa shape index (κ2) is 7.41. The van der Waals surface area contributed by atoms with Crippen LogP contribution in [0.3, 0.4) is 0 Å². The number of carboxylic acids is 1. The summed E-state index contributed by atoms with van der Waals surface area (Å²) >= 11 is 0. The quantitative estimate of drug-likeness (QED) is 0.441. The molecule has 1 unspecified atom stereocenters. The van der Waals surface area contributed by atoms with Gasteiger partial charge in [-0.1, -0.05) is 18.2 Å². The first kappa shape index (κ1) is 16.5. The van der Waals surface area contributed by atoms with Crippen LogP contribution in [-0.2, 0) is 20.8 Å². The zero-order valence-corrected chi connectivity index (χ0v) is 12.4. The van der Waals surface area contributed by atoms with Crippen LogP contribution >= 0.6 is 0 Å². The minimum atomic E-state index is -1.40. The van der Waals surface area contributed by atoms with E-state index in [1.165, 1.54) is 0 Å². The van der Waals surface area contributed by atoms with E-state index in [-0.39, 0.29) is 13.0 Å². The first-order valence-electron chi connectivity index (χ1n) is 7.12. The average molecular weight is 318 g/mol. The Morgan fingerprint density at radius 1 is 1.26 bits per heavy atom. The van der Waals surface area contributed by atoms with Gasteiger partial charge in [-0.15, -0.1) is 0 Å². The number of carboxylic acid groups (broad SMARTS) is 1. The number of nitrogens with one attached hydrogen (secondary N) is 3. The van der Waals surface area contributed by atoms with Crippen molar-refractivity contribution in [2.75, 3.05) is 13.1 Å². The summed E-state index contributed by atoms with van der Waals surface area (Å²) < 4.78 is 0. The lowest BCUT2D eigenvalue weighted by atomic mass is 10.0. The number of H-pyrrole nitrogens is 1. The van der Waals surface area contributed by atoms with Gasteiger partial charge in [-0.3, -0.25) is 9.59 Å². The van der Waals surface area contributed by atoms with Crippen LogP contribution in [0.1, 0.15) is 5.56 Å². The van der Waals surface area contributed by atoms with E-state index in [9.17, 15) is 19.5 Å². The van der Waals surface area contributed by atoms with E-state index < -0.39 is 30.4 Å². The third kappa shape index (κ3) is 4.30. The van der Waals surface area contributed by atoms with Crippen LogP contribution in [0.2, 0.25) is 0 Å². The van der Waals surface area contributed by atoms with E-state index in [4.69, 9.17) is 0 Å².